The molecule has 2 amide bonds. The summed E-state index contributed by atoms with van der Waals surface area (Å²) in [5, 5.41) is 10.6. The van der Waals surface area contributed by atoms with Crippen LogP contribution < -0.4 is 15.7 Å². The van der Waals surface area contributed by atoms with Gasteiger partial charge in [-0.15, -0.1) is 0 Å². The van der Waals surface area contributed by atoms with Crippen molar-refractivity contribution >= 4 is 27.3 Å². The van der Waals surface area contributed by atoms with Crippen molar-refractivity contribution in [1.82, 2.24) is 10.8 Å². The zero-order valence-electron chi connectivity index (χ0n) is 16.0. The first-order chi connectivity index (χ1) is 13.9. The van der Waals surface area contributed by atoms with Crippen LogP contribution in [0.4, 0.5) is 5.69 Å². The molecule has 0 saturated carbocycles. The topological polar surface area (TPSA) is 116 Å². The molecule has 3 N–H and O–H groups in total. The average molecular weight is 417 g/mol. The van der Waals surface area contributed by atoms with Crippen LogP contribution in [0.25, 0.3) is 0 Å². The van der Waals surface area contributed by atoms with E-state index in [2.05, 4.69) is 5.32 Å². The fourth-order valence-corrected chi connectivity index (χ4v) is 5.22. The fourth-order valence-electron chi connectivity index (χ4n) is 3.37. The van der Waals surface area contributed by atoms with Crippen LogP contribution in [0.1, 0.15) is 29.3 Å². The number of nitrogens with zero attached hydrogens (tertiary/aromatic N) is 1. The molecule has 1 atom stereocenters. The maximum Gasteiger partial charge on any atom is 0.251 e. The number of anilines is 1. The highest BCUT2D eigenvalue weighted by Crippen LogP contribution is 2.35. The molecule has 2 aromatic carbocycles. The van der Waals surface area contributed by atoms with E-state index in [0.29, 0.717) is 24.3 Å². The van der Waals surface area contributed by atoms with Crippen LogP contribution in [0.15, 0.2) is 53.4 Å². The van der Waals surface area contributed by atoms with Crippen LogP contribution in [0.5, 0.6) is 0 Å². The second-order valence-corrected chi connectivity index (χ2v) is 8.99. The molecule has 0 aliphatic carbocycles. The van der Waals surface area contributed by atoms with Crippen molar-refractivity contribution in [3.05, 3.63) is 59.7 Å². The van der Waals surface area contributed by atoms with E-state index in [4.69, 9.17) is 5.21 Å². The predicted octanol–water partition coefficient (Wildman–Crippen LogP) is 1.49. The Balaban J connectivity index is 1.85. The average Bonchev–Trinajstić information content (AvgIpc) is 2.74. The molecular weight excluding hydrogens is 394 g/mol. The Hall–Kier alpha value is -2.91. The van der Waals surface area contributed by atoms with E-state index < -0.39 is 21.0 Å². The highest BCUT2D eigenvalue weighted by Gasteiger charge is 2.38. The van der Waals surface area contributed by atoms with Gasteiger partial charge in [-0.2, -0.15) is 0 Å². The standard InChI is InChI=1S/C20H23N3O5S/c1-2-23-13-16(11-19(24)22-26)29(27,28)18-9-8-15(10-17(18)23)20(25)21-12-14-6-4-3-5-7-14/h3-10,16,26H,2,11-13H2,1H3,(H,21,25)(H,22,24). The number of carbonyl (C=O) groups is 2. The minimum Gasteiger partial charge on any atom is -0.369 e. The molecule has 0 fully saturated rings. The molecule has 3 rings (SSSR count). The zero-order chi connectivity index (χ0) is 21.0. The molecule has 0 bridgehead atoms. The third kappa shape index (κ3) is 4.41. The first-order valence-corrected chi connectivity index (χ1v) is 10.8. The lowest BCUT2D eigenvalue weighted by atomic mass is 10.1. The summed E-state index contributed by atoms with van der Waals surface area (Å²) in [6.45, 7) is 2.85. The number of nitrogens with one attached hydrogen (secondary N) is 2. The Labute approximate surface area is 169 Å². The first-order valence-electron chi connectivity index (χ1n) is 9.24. The largest absolute Gasteiger partial charge is 0.369 e. The number of amides is 2. The Bertz CT molecular complexity index is 1010. The van der Waals surface area contributed by atoms with E-state index in [1.54, 1.807) is 6.07 Å². The number of rotatable bonds is 6. The molecule has 9 heteroatoms. The second-order valence-electron chi connectivity index (χ2n) is 6.80. The van der Waals surface area contributed by atoms with Crippen molar-refractivity contribution in [3.8, 4) is 0 Å². The van der Waals surface area contributed by atoms with Gasteiger partial charge in [0, 0.05) is 31.6 Å². The molecule has 8 nitrogen and oxygen atoms in total. The summed E-state index contributed by atoms with van der Waals surface area (Å²) in [6, 6.07) is 13.9. The van der Waals surface area contributed by atoms with E-state index >= 15 is 0 Å². The van der Waals surface area contributed by atoms with Gasteiger partial charge in [0.25, 0.3) is 5.91 Å². The maximum absolute atomic E-state index is 12.9. The summed E-state index contributed by atoms with van der Waals surface area (Å²) < 4.78 is 25.8. The van der Waals surface area contributed by atoms with Gasteiger partial charge in [-0.05, 0) is 30.7 Å². The lowest BCUT2D eigenvalue weighted by Crippen LogP contribution is -2.44. The zero-order valence-corrected chi connectivity index (χ0v) is 16.8. The third-order valence-corrected chi connectivity index (χ3v) is 7.10. The molecule has 1 heterocycles. The normalized spacial score (nSPS) is 17.3. The van der Waals surface area contributed by atoms with E-state index in [1.807, 2.05) is 42.2 Å². The van der Waals surface area contributed by atoms with E-state index in [-0.39, 0.29) is 23.8 Å². The number of fused-ring (bicyclic) bond motifs is 1. The number of hydrogen-bond donors (Lipinski definition) is 3. The number of hydrogen-bond acceptors (Lipinski definition) is 6. The van der Waals surface area contributed by atoms with E-state index in [1.165, 1.54) is 17.6 Å². The van der Waals surface area contributed by atoms with Gasteiger partial charge in [-0.1, -0.05) is 30.3 Å². The number of benzene rings is 2. The molecule has 0 spiro atoms. The van der Waals surface area contributed by atoms with Gasteiger partial charge in [0.15, 0.2) is 9.84 Å². The van der Waals surface area contributed by atoms with Crippen LogP contribution in [0, 0.1) is 0 Å². The first kappa shape index (κ1) is 20.8. The van der Waals surface area contributed by atoms with Gasteiger partial charge < -0.3 is 10.2 Å². The molecule has 29 heavy (non-hydrogen) atoms. The summed E-state index contributed by atoms with van der Waals surface area (Å²) >= 11 is 0. The van der Waals surface area contributed by atoms with Crippen LogP contribution >= 0.6 is 0 Å². The van der Waals surface area contributed by atoms with Crippen molar-refractivity contribution < 1.29 is 23.2 Å². The summed E-state index contributed by atoms with van der Waals surface area (Å²) in [7, 11) is -3.77. The summed E-state index contributed by atoms with van der Waals surface area (Å²) in [6.07, 6.45) is -0.339. The summed E-state index contributed by atoms with van der Waals surface area (Å²) in [5.74, 6) is -1.05. The van der Waals surface area contributed by atoms with Crippen LogP contribution in [0.3, 0.4) is 0 Å². The maximum atomic E-state index is 12.9. The number of sulfone groups is 1. The SMILES string of the molecule is CCN1CC(CC(=O)NO)S(=O)(=O)c2ccc(C(=O)NCc3ccccc3)cc21. The highest BCUT2D eigenvalue weighted by atomic mass is 32.2. The molecule has 2 aromatic rings. The number of hydroxylamine groups is 1. The van der Waals surface area contributed by atoms with E-state index in [9.17, 15) is 18.0 Å². The van der Waals surface area contributed by atoms with Crippen LogP contribution in [0.2, 0.25) is 0 Å². The minimum absolute atomic E-state index is 0.0842. The smallest absolute Gasteiger partial charge is 0.251 e. The molecule has 1 aliphatic rings. The van der Waals surface area contributed by atoms with Crippen molar-refractivity contribution in [2.24, 2.45) is 0 Å². The van der Waals surface area contributed by atoms with Crippen LogP contribution in [-0.4, -0.2) is 43.8 Å². The Kier molecular flexibility index (Phi) is 6.19. The predicted molar refractivity (Wildman–Crippen MR) is 107 cm³/mol. The van der Waals surface area contributed by atoms with Gasteiger partial charge in [-0.3, -0.25) is 14.8 Å². The molecule has 0 saturated heterocycles. The number of carbonyl (C=O) groups excluding carboxylic acids is 2. The van der Waals surface area contributed by atoms with Crippen molar-refractivity contribution in [2.75, 3.05) is 18.0 Å². The second kappa shape index (κ2) is 8.62. The summed E-state index contributed by atoms with van der Waals surface area (Å²) in [5.41, 5.74) is 3.25. The highest BCUT2D eigenvalue weighted by molar-refractivity contribution is 7.92. The molecule has 0 radical (unpaired) electrons. The van der Waals surface area contributed by atoms with Gasteiger partial charge in [0.05, 0.1) is 15.8 Å². The molecule has 154 valence electrons. The Morgan fingerprint density at radius 1 is 1.17 bits per heavy atom. The lowest BCUT2D eigenvalue weighted by molar-refractivity contribution is -0.129. The quantitative estimate of drug-likeness (QED) is 0.485. The fraction of sp³-hybridized carbons (Fsp3) is 0.300. The molecule has 1 unspecified atom stereocenters. The Morgan fingerprint density at radius 3 is 2.55 bits per heavy atom. The van der Waals surface area contributed by atoms with Crippen molar-refractivity contribution in [1.29, 1.82) is 0 Å². The van der Waals surface area contributed by atoms with Crippen molar-refractivity contribution in [3.63, 3.8) is 0 Å². The van der Waals surface area contributed by atoms with Crippen molar-refractivity contribution in [2.45, 2.75) is 30.0 Å². The minimum atomic E-state index is -3.77. The monoisotopic (exact) mass is 417 g/mol. The summed E-state index contributed by atoms with van der Waals surface area (Å²) in [4.78, 5) is 26.0. The van der Waals surface area contributed by atoms with E-state index in [0.717, 1.165) is 5.56 Å². The third-order valence-electron chi connectivity index (χ3n) is 4.95. The lowest BCUT2D eigenvalue weighted by Gasteiger charge is -2.35. The van der Waals surface area contributed by atoms with Gasteiger partial charge >= 0.3 is 0 Å². The van der Waals surface area contributed by atoms with Gasteiger partial charge in [0.1, 0.15) is 0 Å². The van der Waals surface area contributed by atoms with Gasteiger partial charge in [-0.25, -0.2) is 13.9 Å². The molecule has 0 aromatic heterocycles. The molecular formula is C20H23N3O5S. The molecule has 1 aliphatic heterocycles. The van der Waals surface area contributed by atoms with Gasteiger partial charge in [0.2, 0.25) is 5.91 Å². The van der Waals surface area contributed by atoms with Crippen LogP contribution in [-0.2, 0) is 21.2 Å². The Morgan fingerprint density at radius 2 is 1.90 bits per heavy atom.